The number of nitrogens with zero attached hydrogens (tertiary/aromatic N) is 1. The Kier molecular flexibility index (Phi) is 3.55. The minimum absolute atomic E-state index is 0.0225. The topological polar surface area (TPSA) is 52.6 Å². The van der Waals surface area contributed by atoms with Crippen molar-refractivity contribution in [3.8, 4) is 0 Å². The summed E-state index contributed by atoms with van der Waals surface area (Å²) in [5.41, 5.74) is -2.73. The molecular formula is C11H17F3N2O2. The molecule has 0 spiro atoms. The Morgan fingerprint density at radius 1 is 1.44 bits per heavy atom. The van der Waals surface area contributed by atoms with Crippen LogP contribution in [0.3, 0.4) is 0 Å². The van der Waals surface area contributed by atoms with Crippen LogP contribution < -0.4 is 5.32 Å². The lowest BCUT2D eigenvalue weighted by atomic mass is 9.98. The number of piperidine rings is 1. The average Bonchev–Trinajstić information content (AvgIpc) is 2.73. The number of hydrogen-bond acceptors (Lipinski definition) is 3. The molecule has 18 heavy (non-hydrogen) atoms. The maximum Gasteiger partial charge on any atom is 0.419 e. The highest BCUT2D eigenvalue weighted by molar-refractivity contribution is 5.79. The Hall–Kier alpha value is -0.820. The second-order valence-electron chi connectivity index (χ2n) is 5.08. The summed E-state index contributed by atoms with van der Waals surface area (Å²) in [6, 6.07) is 0. The quantitative estimate of drug-likeness (QED) is 0.727. The molecule has 104 valence electrons. The lowest BCUT2D eigenvalue weighted by Crippen LogP contribution is -2.49. The highest BCUT2D eigenvalue weighted by Gasteiger charge is 2.58. The molecule has 1 amide bonds. The van der Waals surface area contributed by atoms with Gasteiger partial charge in [0, 0.05) is 19.5 Å². The molecule has 0 saturated carbocycles. The monoisotopic (exact) mass is 266 g/mol. The zero-order chi connectivity index (χ0) is 13.4. The number of alkyl halides is 3. The predicted octanol–water partition coefficient (Wildman–Crippen LogP) is 0.512. The van der Waals surface area contributed by atoms with Gasteiger partial charge < -0.3 is 15.3 Å². The van der Waals surface area contributed by atoms with Crippen LogP contribution in [0.2, 0.25) is 0 Å². The third-order valence-corrected chi connectivity index (χ3v) is 3.73. The van der Waals surface area contributed by atoms with Gasteiger partial charge >= 0.3 is 6.18 Å². The van der Waals surface area contributed by atoms with Gasteiger partial charge in [-0.2, -0.15) is 13.2 Å². The molecule has 0 aromatic carbocycles. The summed E-state index contributed by atoms with van der Waals surface area (Å²) in [4.78, 5) is 13.2. The summed E-state index contributed by atoms with van der Waals surface area (Å²) in [5, 5.41) is 12.6. The first-order valence-corrected chi connectivity index (χ1v) is 6.12. The van der Waals surface area contributed by atoms with E-state index in [0.29, 0.717) is 13.0 Å². The Morgan fingerprint density at radius 3 is 2.67 bits per heavy atom. The molecule has 0 aromatic rings. The van der Waals surface area contributed by atoms with Crippen molar-refractivity contribution in [2.75, 3.05) is 26.2 Å². The van der Waals surface area contributed by atoms with Crippen molar-refractivity contribution < 1.29 is 23.1 Å². The third kappa shape index (κ3) is 2.47. The van der Waals surface area contributed by atoms with Gasteiger partial charge in [-0.1, -0.05) is 0 Å². The fraction of sp³-hybridized carbons (Fsp3) is 0.909. The number of β-amino-alcohol motifs (C(OH)–C–C–N with tert-alkyl or cyclic N) is 1. The van der Waals surface area contributed by atoms with E-state index in [0.717, 1.165) is 17.9 Å². The summed E-state index contributed by atoms with van der Waals surface area (Å²) >= 11 is 0. The van der Waals surface area contributed by atoms with Gasteiger partial charge in [-0.15, -0.1) is 0 Å². The predicted molar refractivity (Wildman–Crippen MR) is 57.8 cm³/mol. The summed E-state index contributed by atoms with van der Waals surface area (Å²) in [6.45, 7) is 0.702. The normalized spacial score (nSPS) is 33.8. The first-order chi connectivity index (χ1) is 8.33. The van der Waals surface area contributed by atoms with E-state index in [9.17, 15) is 23.1 Å². The molecule has 2 rings (SSSR count). The molecule has 2 aliphatic heterocycles. The molecule has 2 N–H and O–H groups in total. The van der Waals surface area contributed by atoms with E-state index in [1.54, 1.807) is 0 Å². The minimum Gasteiger partial charge on any atom is -0.379 e. The number of halogens is 3. The number of carbonyl (C=O) groups excluding carboxylic acids is 1. The Labute approximate surface area is 103 Å². The van der Waals surface area contributed by atoms with Crippen molar-refractivity contribution in [2.24, 2.45) is 5.92 Å². The van der Waals surface area contributed by atoms with Gasteiger partial charge in [-0.3, -0.25) is 4.79 Å². The summed E-state index contributed by atoms with van der Waals surface area (Å²) in [7, 11) is 0. The van der Waals surface area contributed by atoms with Gasteiger partial charge in [0.2, 0.25) is 5.91 Å². The molecule has 2 atom stereocenters. The molecule has 0 aliphatic carbocycles. The molecule has 0 radical (unpaired) electrons. The summed E-state index contributed by atoms with van der Waals surface area (Å²) in [5.74, 6) is -0.531. The van der Waals surface area contributed by atoms with E-state index in [1.165, 1.54) is 0 Å². The Balaban J connectivity index is 1.98. The van der Waals surface area contributed by atoms with Crippen LogP contribution in [-0.4, -0.2) is 53.9 Å². The number of carbonyl (C=O) groups is 1. The molecular weight excluding hydrogens is 249 g/mol. The zero-order valence-electron chi connectivity index (χ0n) is 9.96. The first-order valence-electron chi connectivity index (χ1n) is 6.12. The molecule has 2 heterocycles. The minimum atomic E-state index is -4.67. The van der Waals surface area contributed by atoms with Crippen LogP contribution in [0.15, 0.2) is 0 Å². The SMILES string of the molecule is O=C(C1CCCNC1)N1CCC(O)(C(F)(F)F)C1. The molecule has 7 heteroatoms. The van der Waals surface area contributed by atoms with Crippen LogP contribution in [-0.2, 0) is 4.79 Å². The highest BCUT2D eigenvalue weighted by Crippen LogP contribution is 2.38. The van der Waals surface area contributed by atoms with E-state index in [1.807, 2.05) is 0 Å². The van der Waals surface area contributed by atoms with Crippen molar-refractivity contribution in [3.05, 3.63) is 0 Å². The largest absolute Gasteiger partial charge is 0.419 e. The molecule has 2 unspecified atom stereocenters. The number of amides is 1. The van der Waals surface area contributed by atoms with Gasteiger partial charge in [0.15, 0.2) is 5.60 Å². The molecule has 0 bridgehead atoms. The smallest absolute Gasteiger partial charge is 0.379 e. The van der Waals surface area contributed by atoms with Gasteiger partial charge in [0.05, 0.1) is 12.5 Å². The van der Waals surface area contributed by atoms with Gasteiger partial charge in [0.1, 0.15) is 0 Å². The van der Waals surface area contributed by atoms with E-state index >= 15 is 0 Å². The highest BCUT2D eigenvalue weighted by atomic mass is 19.4. The third-order valence-electron chi connectivity index (χ3n) is 3.73. The standard InChI is InChI=1S/C11H17F3N2O2/c12-11(13,14)10(18)3-5-16(7-10)9(17)8-2-1-4-15-6-8/h8,15,18H,1-7H2. The van der Waals surface area contributed by atoms with Crippen LogP contribution >= 0.6 is 0 Å². The van der Waals surface area contributed by atoms with Crippen molar-refractivity contribution >= 4 is 5.91 Å². The summed E-state index contributed by atoms with van der Waals surface area (Å²) in [6.07, 6.45) is -3.55. The van der Waals surface area contributed by atoms with Crippen molar-refractivity contribution in [3.63, 3.8) is 0 Å². The van der Waals surface area contributed by atoms with Crippen LogP contribution in [0, 0.1) is 5.92 Å². The second kappa shape index (κ2) is 4.70. The number of hydrogen-bond donors (Lipinski definition) is 2. The van der Waals surface area contributed by atoms with E-state index < -0.39 is 24.7 Å². The number of nitrogens with one attached hydrogen (secondary N) is 1. The Bertz CT molecular complexity index is 329. The number of aliphatic hydroxyl groups is 1. The molecule has 2 aliphatic rings. The molecule has 4 nitrogen and oxygen atoms in total. The lowest BCUT2D eigenvalue weighted by Gasteiger charge is -2.29. The maximum atomic E-state index is 12.6. The van der Waals surface area contributed by atoms with Gasteiger partial charge in [0.25, 0.3) is 0 Å². The van der Waals surface area contributed by atoms with Crippen LogP contribution in [0.1, 0.15) is 19.3 Å². The van der Waals surface area contributed by atoms with E-state index in [2.05, 4.69) is 5.32 Å². The van der Waals surface area contributed by atoms with Crippen LogP contribution in [0.5, 0.6) is 0 Å². The second-order valence-corrected chi connectivity index (χ2v) is 5.08. The van der Waals surface area contributed by atoms with E-state index in [4.69, 9.17) is 0 Å². The van der Waals surface area contributed by atoms with Gasteiger partial charge in [-0.05, 0) is 19.4 Å². The van der Waals surface area contributed by atoms with Crippen LogP contribution in [0.4, 0.5) is 13.2 Å². The van der Waals surface area contributed by atoms with Crippen molar-refractivity contribution in [1.29, 1.82) is 0 Å². The van der Waals surface area contributed by atoms with Crippen molar-refractivity contribution in [2.45, 2.75) is 31.0 Å². The lowest BCUT2D eigenvalue weighted by molar-refractivity contribution is -0.253. The van der Waals surface area contributed by atoms with E-state index in [-0.39, 0.29) is 18.4 Å². The fourth-order valence-corrected chi connectivity index (χ4v) is 2.53. The Morgan fingerprint density at radius 2 is 2.17 bits per heavy atom. The summed E-state index contributed by atoms with van der Waals surface area (Å²) < 4.78 is 37.9. The fourth-order valence-electron chi connectivity index (χ4n) is 2.53. The van der Waals surface area contributed by atoms with Crippen molar-refractivity contribution in [1.82, 2.24) is 10.2 Å². The maximum absolute atomic E-state index is 12.6. The van der Waals surface area contributed by atoms with Gasteiger partial charge in [-0.25, -0.2) is 0 Å². The molecule has 2 saturated heterocycles. The number of rotatable bonds is 1. The average molecular weight is 266 g/mol. The zero-order valence-corrected chi connectivity index (χ0v) is 9.96. The number of likely N-dealkylation sites (tertiary alicyclic amines) is 1. The molecule has 0 aromatic heterocycles. The molecule has 2 fully saturated rings. The van der Waals surface area contributed by atoms with Crippen LogP contribution in [0.25, 0.3) is 0 Å². The first kappa shape index (κ1) is 13.6.